The molecule has 3 heterocycles. The first-order valence-electron chi connectivity index (χ1n) is 11.2. The Hall–Kier alpha value is -3.53. The molecule has 1 aliphatic carbocycles. The Morgan fingerprint density at radius 3 is 2.60 bits per heavy atom. The average Bonchev–Trinajstić information content (AvgIpc) is 3.19. The molecule has 0 spiro atoms. The number of Topliss-reactive ketones (excluding diaryl/α,β-unsaturated/α-hetero) is 2. The second kappa shape index (κ2) is 8.60. The molecule has 7 nitrogen and oxygen atoms in total. The summed E-state index contributed by atoms with van der Waals surface area (Å²) < 4.78 is 44.8. The summed E-state index contributed by atoms with van der Waals surface area (Å²) in [5, 5.41) is 2.63. The minimum atomic E-state index is -5.02. The van der Waals surface area contributed by atoms with Gasteiger partial charge in [-0.1, -0.05) is 12.1 Å². The van der Waals surface area contributed by atoms with Crippen LogP contribution in [0.2, 0.25) is 0 Å². The zero-order chi connectivity index (χ0) is 24.9. The Kier molecular flexibility index (Phi) is 5.71. The van der Waals surface area contributed by atoms with Crippen molar-refractivity contribution in [1.82, 2.24) is 15.3 Å². The first-order valence-corrected chi connectivity index (χ1v) is 11.2. The highest BCUT2D eigenvalue weighted by atomic mass is 19.4. The zero-order valence-electron chi connectivity index (χ0n) is 18.7. The Balaban J connectivity index is 1.49. The lowest BCUT2D eigenvalue weighted by molar-refractivity contribution is -0.0884. The number of aromatic nitrogens is 2. The predicted molar refractivity (Wildman–Crippen MR) is 119 cm³/mol. The second-order valence-electron chi connectivity index (χ2n) is 9.01. The number of fused-ring (bicyclic) bond motifs is 2. The number of ketones is 2. The molecule has 0 bridgehead atoms. The molecule has 1 saturated carbocycles. The summed E-state index contributed by atoms with van der Waals surface area (Å²) in [6, 6.07) is 7.84. The third kappa shape index (κ3) is 4.34. The van der Waals surface area contributed by atoms with Crippen molar-refractivity contribution in [3.8, 4) is 0 Å². The monoisotopic (exact) mass is 485 g/mol. The molecule has 1 unspecified atom stereocenters. The number of hydrogen-bond donors (Lipinski definition) is 2. The number of nitrogens with one attached hydrogen (secondary N) is 2. The number of nitrogens with zero attached hydrogens (tertiary/aromatic N) is 1. The molecule has 2 aromatic heterocycles. The van der Waals surface area contributed by atoms with Crippen molar-refractivity contribution in [2.24, 2.45) is 17.8 Å². The number of carbonyl (C=O) groups excluding carboxylic acids is 3. The number of aromatic amines is 1. The zero-order valence-corrected chi connectivity index (χ0v) is 18.7. The van der Waals surface area contributed by atoms with Crippen LogP contribution in [0.3, 0.4) is 0 Å². The molecule has 2 aliphatic rings. The van der Waals surface area contributed by atoms with Gasteiger partial charge >= 0.3 is 6.18 Å². The lowest BCUT2D eigenvalue weighted by Gasteiger charge is -2.11. The molecule has 0 radical (unpaired) electrons. The van der Waals surface area contributed by atoms with E-state index in [9.17, 15) is 27.6 Å². The van der Waals surface area contributed by atoms with E-state index < -0.39 is 23.4 Å². The molecule has 5 rings (SSSR count). The molecule has 1 saturated heterocycles. The van der Waals surface area contributed by atoms with E-state index in [4.69, 9.17) is 4.74 Å². The van der Waals surface area contributed by atoms with Crippen LogP contribution in [0.1, 0.15) is 48.9 Å². The number of amides is 1. The summed E-state index contributed by atoms with van der Waals surface area (Å²) in [5.41, 5.74) is 1.02. The van der Waals surface area contributed by atoms with Gasteiger partial charge in [0, 0.05) is 48.2 Å². The Labute approximate surface area is 198 Å². The maximum atomic E-state index is 13.2. The summed E-state index contributed by atoms with van der Waals surface area (Å²) in [6.45, 7) is 1.32. The molecule has 3 aromatic rings. The van der Waals surface area contributed by atoms with Gasteiger partial charge in [-0.15, -0.1) is 0 Å². The number of benzene rings is 1. The van der Waals surface area contributed by atoms with Gasteiger partial charge in [0.15, 0.2) is 5.78 Å². The molecule has 1 aliphatic heterocycles. The number of ether oxygens (including phenoxy) is 1. The number of alkyl halides is 3. The fraction of sp³-hybridized carbons (Fsp3) is 0.360. The van der Waals surface area contributed by atoms with Crippen LogP contribution >= 0.6 is 0 Å². The van der Waals surface area contributed by atoms with Crippen molar-refractivity contribution >= 4 is 28.4 Å². The van der Waals surface area contributed by atoms with E-state index in [0.717, 1.165) is 6.20 Å². The molecule has 1 aromatic carbocycles. The third-order valence-electron chi connectivity index (χ3n) is 6.88. The van der Waals surface area contributed by atoms with Crippen LogP contribution in [0, 0.1) is 17.8 Å². The molecule has 2 N–H and O–H groups in total. The van der Waals surface area contributed by atoms with E-state index in [1.807, 2.05) is 0 Å². The van der Waals surface area contributed by atoms with E-state index in [-0.39, 0.29) is 29.2 Å². The van der Waals surface area contributed by atoms with Crippen molar-refractivity contribution in [2.75, 3.05) is 20.3 Å². The average molecular weight is 485 g/mol. The minimum Gasteiger partial charge on any atom is -0.381 e. The fourth-order valence-corrected chi connectivity index (χ4v) is 5.01. The standard InChI is InChI=1S/C25H22F3N3O4/c1-29-24(34)20-7-13(21(32)8-15-17-10-35-11-18(15)17)6-14(31-20)5-12-3-2-4-19-22(12)16(9-30-19)23(33)25(26,27)28/h2-4,6-7,9,15,17-18,30H,5,8,10-11H2,1H3,(H,29,34)/t15?,17-,18+. The quantitative estimate of drug-likeness (QED) is 0.497. The highest BCUT2D eigenvalue weighted by molar-refractivity contribution is 6.11. The van der Waals surface area contributed by atoms with Gasteiger partial charge in [0.25, 0.3) is 11.7 Å². The van der Waals surface area contributed by atoms with Crippen molar-refractivity contribution in [1.29, 1.82) is 0 Å². The van der Waals surface area contributed by atoms with Crippen molar-refractivity contribution in [3.05, 3.63) is 64.6 Å². The van der Waals surface area contributed by atoms with Crippen molar-refractivity contribution < 1.29 is 32.3 Å². The van der Waals surface area contributed by atoms with Gasteiger partial charge in [-0.2, -0.15) is 13.2 Å². The smallest absolute Gasteiger partial charge is 0.381 e. The first kappa shape index (κ1) is 23.2. The summed E-state index contributed by atoms with van der Waals surface area (Å²) >= 11 is 0. The molecule has 2 fully saturated rings. The van der Waals surface area contributed by atoms with E-state index in [2.05, 4.69) is 15.3 Å². The lowest BCUT2D eigenvalue weighted by Crippen LogP contribution is -2.22. The van der Waals surface area contributed by atoms with E-state index in [1.165, 1.54) is 13.1 Å². The summed E-state index contributed by atoms with van der Waals surface area (Å²) in [7, 11) is 1.44. The summed E-state index contributed by atoms with van der Waals surface area (Å²) in [5.74, 6) is -1.49. The highest BCUT2D eigenvalue weighted by Gasteiger charge is 2.54. The molecule has 1 amide bonds. The predicted octanol–water partition coefficient (Wildman–Crippen LogP) is 3.72. The number of hydrogen-bond acceptors (Lipinski definition) is 5. The van der Waals surface area contributed by atoms with E-state index >= 15 is 0 Å². The Morgan fingerprint density at radius 1 is 1.17 bits per heavy atom. The number of H-pyrrole nitrogens is 1. The second-order valence-corrected chi connectivity index (χ2v) is 9.01. The van der Waals surface area contributed by atoms with Crippen LogP contribution in [-0.2, 0) is 11.2 Å². The van der Waals surface area contributed by atoms with Gasteiger partial charge in [0.2, 0.25) is 0 Å². The molecular weight excluding hydrogens is 463 g/mol. The maximum Gasteiger partial charge on any atom is 0.454 e. The van der Waals surface area contributed by atoms with Gasteiger partial charge < -0.3 is 15.0 Å². The summed E-state index contributed by atoms with van der Waals surface area (Å²) in [4.78, 5) is 44.4. The highest BCUT2D eigenvalue weighted by Crippen LogP contribution is 2.53. The van der Waals surface area contributed by atoms with Crippen LogP contribution in [0.4, 0.5) is 13.2 Å². The topological polar surface area (TPSA) is 101 Å². The van der Waals surface area contributed by atoms with Crippen LogP contribution < -0.4 is 5.32 Å². The summed E-state index contributed by atoms with van der Waals surface area (Å²) in [6.07, 6.45) is -3.61. The van der Waals surface area contributed by atoms with Gasteiger partial charge in [0.1, 0.15) is 5.69 Å². The van der Waals surface area contributed by atoms with Gasteiger partial charge in [-0.05, 0) is 41.5 Å². The Bertz CT molecular complexity index is 1340. The van der Waals surface area contributed by atoms with Gasteiger partial charge in [-0.25, -0.2) is 4.98 Å². The fourth-order valence-electron chi connectivity index (χ4n) is 5.01. The molecule has 10 heteroatoms. The largest absolute Gasteiger partial charge is 0.454 e. The third-order valence-corrected chi connectivity index (χ3v) is 6.88. The SMILES string of the molecule is CNC(=O)c1cc(C(=O)CC2[C@H]3COC[C@@H]23)cc(Cc2cccc3[nH]cc(C(=O)C(F)(F)F)c23)n1. The number of pyridine rings is 1. The Morgan fingerprint density at radius 2 is 1.91 bits per heavy atom. The van der Waals surface area contributed by atoms with E-state index in [1.54, 1.807) is 24.3 Å². The van der Waals surface area contributed by atoms with Gasteiger partial charge in [0.05, 0.1) is 18.8 Å². The van der Waals surface area contributed by atoms with Crippen LogP contribution in [0.5, 0.6) is 0 Å². The maximum absolute atomic E-state index is 13.2. The molecule has 35 heavy (non-hydrogen) atoms. The van der Waals surface area contributed by atoms with Crippen LogP contribution in [0.25, 0.3) is 10.9 Å². The molecule has 3 atom stereocenters. The van der Waals surface area contributed by atoms with Crippen LogP contribution in [0.15, 0.2) is 36.5 Å². The normalized spacial score (nSPS) is 21.1. The van der Waals surface area contributed by atoms with Gasteiger partial charge in [-0.3, -0.25) is 14.4 Å². The van der Waals surface area contributed by atoms with Crippen LogP contribution in [-0.4, -0.2) is 53.9 Å². The van der Waals surface area contributed by atoms with Crippen molar-refractivity contribution in [3.63, 3.8) is 0 Å². The first-order chi connectivity index (χ1) is 16.7. The minimum absolute atomic E-state index is 0.0287. The molecule has 182 valence electrons. The van der Waals surface area contributed by atoms with E-state index in [0.29, 0.717) is 53.8 Å². The number of halogens is 3. The number of rotatable bonds is 7. The number of carbonyl (C=O) groups is 3. The molecular formula is C25H22F3N3O4. The lowest BCUT2D eigenvalue weighted by atomic mass is 9.97. The van der Waals surface area contributed by atoms with Crippen molar-refractivity contribution in [2.45, 2.75) is 19.0 Å².